The van der Waals surface area contributed by atoms with Crippen LogP contribution in [0.2, 0.25) is 0 Å². The summed E-state index contributed by atoms with van der Waals surface area (Å²) >= 11 is 0. The van der Waals surface area contributed by atoms with Crippen LogP contribution in [0.15, 0.2) is 54.6 Å². The molecule has 0 saturated carbocycles. The monoisotopic (exact) mass is 545 g/mol. The number of methoxy groups -OCH3 is 1. The number of ether oxygens (including phenoxy) is 2. The predicted octanol–water partition coefficient (Wildman–Crippen LogP) is 1.97. The second kappa shape index (κ2) is 12.3. The Kier molecular flexibility index (Phi) is 9.39. The Morgan fingerprint density at radius 2 is 1.46 bits per heavy atom. The second-order valence-corrected chi connectivity index (χ2v) is 9.83. The molecule has 11 heteroatoms. The average molecular weight is 546 g/mol. The van der Waals surface area contributed by atoms with E-state index >= 15 is 0 Å². The van der Waals surface area contributed by atoms with Gasteiger partial charge in [-0.05, 0) is 43.5 Å². The molecule has 1 aliphatic heterocycles. The molecule has 3 rings (SSSR count). The van der Waals surface area contributed by atoms with Crippen molar-refractivity contribution >= 4 is 23.5 Å². The van der Waals surface area contributed by atoms with Crippen LogP contribution in [-0.4, -0.2) is 66.9 Å². The number of Topliss-reactive ketones (excluding diaryl/α,β-unsaturated/α-hetero) is 1. The van der Waals surface area contributed by atoms with Crippen LogP contribution in [0, 0.1) is 0 Å². The number of carbonyl (C=O) groups excluding carboxylic acids is 4. The van der Waals surface area contributed by atoms with Crippen molar-refractivity contribution in [2.45, 2.75) is 63.3 Å². The number of rotatable bonds is 13. The van der Waals surface area contributed by atoms with Gasteiger partial charge in [-0.15, -0.1) is 0 Å². The van der Waals surface area contributed by atoms with Gasteiger partial charge in [0.25, 0.3) is 5.91 Å². The number of amides is 3. The number of alkyl halides is 2. The van der Waals surface area contributed by atoms with E-state index in [0.29, 0.717) is 18.2 Å². The normalized spacial score (nSPS) is 18.7. The molecule has 9 nitrogen and oxygen atoms in total. The van der Waals surface area contributed by atoms with Gasteiger partial charge in [0.15, 0.2) is 5.78 Å². The van der Waals surface area contributed by atoms with Gasteiger partial charge in [0.1, 0.15) is 23.4 Å². The molecule has 0 aliphatic carbocycles. The smallest absolute Gasteiger partial charge is 0.321 e. The van der Waals surface area contributed by atoms with Crippen LogP contribution in [0.3, 0.4) is 0 Å². The zero-order valence-corrected chi connectivity index (χ0v) is 22.3. The maximum absolute atomic E-state index is 13.5. The second-order valence-electron chi connectivity index (χ2n) is 9.83. The highest BCUT2D eigenvalue weighted by Crippen LogP contribution is 2.29. The number of halogens is 2. The standard InChI is InChI=1S/C28H33F2N3O6/c1-17(31-26(37)28(3,29)30)24(35)33-22(15-19-10-12-20(38-4)13-11-19)25(36)32-21(23(34)27(2)16-39-27)14-18-8-6-5-7-9-18/h5-13,17,21-22H,14-16H2,1-4H3,(H,31,37)(H,32,36)(H,33,35). The van der Waals surface area contributed by atoms with Gasteiger partial charge in [-0.1, -0.05) is 42.5 Å². The number of carbonyl (C=O) groups is 4. The molecule has 0 bridgehead atoms. The molecule has 2 aromatic rings. The highest BCUT2D eigenvalue weighted by atomic mass is 19.3. The van der Waals surface area contributed by atoms with Crippen molar-refractivity contribution in [2.75, 3.05) is 13.7 Å². The number of nitrogens with one attached hydrogen (secondary N) is 3. The van der Waals surface area contributed by atoms with Crippen LogP contribution in [0.25, 0.3) is 0 Å². The van der Waals surface area contributed by atoms with Crippen molar-refractivity contribution in [3.05, 3.63) is 65.7 Å². The van der Waals surface area contributed by atoms with E-state index in [1.165, 1.54) is 14.0 Å². The molecular formula is C28H33F2N3O6. The Bertz CT molecular complexity index is 1180. The quantitative estimate of drug-likeness (QED) is 0.331. The topological polar surface area (TPSA) is 126 Å². The van der Waals surface area contributed by atoms with E-state index in [9.17, 15) is 28.0 Å². The molecule has 4 atom stereocenters. The van der Waals surface area contributed by atoms with Crippen LogP contribution in [-0.2, 0) is 36.8 Å². The number of hydrogen-bond donors (Lipinski definition) is 3. The molecule has 3 amide bonds. The molecule has 0 aromatic heterocycles. The average Bonchev–Trinajstić information content (AvgIpc) is 3.66. The fourth-order valence-corrected chi connectivity index (χ4v) is 3.84. The molecule has 4 unspecified atom stereocenters. The zero-order chi connectivity index (χ0) is 28.8. The van der Waals surface area contributed by atoms with Crippen LogP contribution >= 0.6 is 0 Å². The minimum Gasteiger partial charge on any atom is -0.497 e. The van der Waals surface area contributed by atoms with Gasteiger partial charge >= 0.3 is 5.92 Å². The minimum absolute atomic E-state index is 0.0200. The summed E-state index contributed by atoms with van der Waals surface area (Å²) < 4.78 is 37.1. The number of ketones is 1. The Hall–Kier alpha value is -3.86. The maximum atomic E-state index is 13.5. The highest BCUT2D eigenvalue weighted by Gasteiger charge is 2.50. The van der Waals surface area contributed by atoms with Gasteiger partial charge in [0, 0.05) is 13.3 Å². The first-order chi connectivity index (χ1) is 18.3. The van der Waals surface area contributed by atoms with Gasteiger partial charge < -0.3 is 25.4 Å². The Balaban J connectivity index is 1.81. The lowest BCUT2D eigenvalue weighted by Gasteiger charge is -2.25. The van der Waals surface area contributed by atoms with E-state index in [4.69, 9.17) is 9.47 Å². The SMILES string of the molecule is COc1ccc(CC(NC(=O)C(C)NC(=O)C(C)(F)F)C(=O)NC(Cc2ccccc2)C(=O)C2(C)CO2)cc1. The van der Waals surface area contributed by atoms with E-state index in [2.05, 4.69) is 10.6 Å². The summed E-state index contributed by atoms with van der Waals surface area (Å²) in [4.78, 5) is 51.2. The first-order valence-electron chi connectivity index (χ1n) is 12.5. The van der Waals surface area contributed by atoms with Crippen molar-refractivity contribution in [2.24, 2.45) is 0 Å². The van der Waals surface area contributed by atoms with E-state index < -0.39 is 47.4 Å². The maximum Gasteiger partial charge on any atom is 0.321 e. The van der Waals surface area contributed by atoms with Gasteiger partial charge in [-0.2, -0.15) is 8.78 Å². The highest BCUT2D eigenvalue weighted by molar-refractivity contribution is 5.98. The third-order valence-corrected chi connectivity index (χ3v) is 6.39. The summed E-state index contributed by atoms with van der Waals surface area (Å²) in [5.41, 5.74) is 0.468. The summed E-state index contributed by atoms with van der Waals surface area (Å²) in [5.74, 6) is -6.51. The van der Waals surface area contributed by atoms with E-state index in [-0.39, 0.29) is 25.2 Å². The number of hydrogen-bond acceptors (Lipinski definition) is 6. The molecule has 210 valence electrons. The molecule has 0 radical (unpaired) electrons. The van der Waals surface area contributed by atoms with Crippen molar-refractivity contribution in [1.29, 1.82) is 0 Å². The fourth-order valence-electron chi connectivity index (χ4n) is 3.84. The molecule has 1 saturated heterocycles. The molecule has 0 spiro atoms. The van der Waals surface area contributed by atoms with Crippen LogP contribution in [0.1, 0.15) is 31.9 Å². The van der Waals surface area contributed by atoms with Gasteiger partial charge in [-0.3, -0.25) is 19.2 Å². The lowest BCUT2D eigenvalue weighted by Crippen LogP contribution is -2.57. The Morgan fingerprint density at radius 3 is 2.00 bits per heavy atom. The Morgan fingerprint density at radius 1 is 0.923 bits per heavy atom. The number of benzene rings is 2. The van der Waals surface area contributed by atoms with Crippen LogP contribution < -0.4 is 20.7 Å². The lowest BCUT2D eigenvalue weighted by molar-refractivity contribution is -0.145. The van der Waals surface area contributed by atoms with E-state index in [1.54, 1.807) is 31.2 Å². The van der Waals surface area contributed by atoms with Gasteiger partial charge in [-0.25, -0.2) is 0 Å². The van der Waals surface area contributed by atoms with Gasteiger partial charge in [0.05, 0.1) is 19.8 Å². The molecule has 1 fully saturated rings. The van der Waals surface area contributed by atoms with Crippen molar-refractivity contribution in [1.82, 2.24) is 16.0 Å². The third-order valence-electron chi connectivity index (χ3n) is 6.39. The minimum atomic E-state index is -3.68. The number of epoxide rings is 1. The first kappa shape index (κ1) is 29.7. The predicted molar refractivity (Wildman–Crippen MR) is 138 cm³/mol. The van der Waals surface area contributed by atoms with E-state index in [1.807, 2.05) is 35.6 Å². The summed E-state index contributed by atoms with van der Waals surface area (Å²) in [6, 6.07) is 12.4. The molecule has 2 aromatic carbocycles. The molecule has 1 heterocycles. The first-order valence-corrected chi connectivity index (χ1v) is 12.5. The fraction of sp³-hybridized carbons (Fsp3) is 0.429. The molecule has 39 heavy (non-hydrogen) atoms. The molecular weight excluding hydrogens is 512 g/mol. The Labute approximate surface area is 225 Å². The largest absolute Gasteiger partial charge is 0.497 e. The summed E-state index contributed by atoms with van der Waals surface area (Å²) in [5, 5.41) is 7.22. The molecule has 3 N–H and O–H groups in total. The van der Waals surface area contributed by atoms with Crippen molar-refractivity contribution in [3.63, 3.8) is 0 Å². The summed E-state index contributed by atoms with van der Waals surface area (Å²) in [6.07, 6.45) is 0.220. The lowest BCUT2D eigenvalue weighted by atomic mass is 9.94. The van der Waals surface area contributed by atoms with Crippen molar-refractivity contribution in [3.8, 4) is 5.75 Å². The molecule has 1 aliphatic rings. The van der Waals surface area contributed by atoms with Gasteiger partial charge in [0.2, 0.25) is 11.8 Å². The van der Waals surface area contributed by atoms with Crippen LogP contribution in [0.4, 0.5) is 8.78 Å². The summed E-state index contributed by atoms with van der Waals surface area (Å²) in [7, 11) is 1.51. The zero-order valence-electron chi connectivity index (χ0n) is 22.3. The summed E-state index contributed by atoms with van der Waals surface area (Å²) in [6.45, 7) is 3.53. The third kappa shape index (κ3) is 8.31. The van der Waals surface area contributed by atoms with E-state index in [0.717, 1.165) is 5.56 Å². The van der Waals surface area contributed by atoms with Crippen molar-refractivity contribution < 1.29 is 37.4 Å². The van der Waals surface area contributed by atoms with Crippen LogP contribution in [0.5, 0.6) is 5.75 Å².